The van der Waals surface area contributed by atoms with Crippen LogP contribution in [0.15, 0.2) is 17.1 Å². The van der Waals surface area contributed by atoms with Gasteiger partial charge in [0.25, 0.3) is 5.56 Å². The number of carbonyl (C=O) groups is 1. The lowest BCUT2D eigenvalue weighted by molar-refractivity contribution is -0.136. The fourth-order valence-corrected chi connectivity index (χ4v) is 3.08. The van der Waals surface area contributed by atoms with Crippen LogP contribution in [0.3, 0.4) is 0 Å². The minimum atomic E-state index is -1.77. The number of likely N-dealkylation sites (tertiary alicyclic amines) is 1. The number of halogens is 2. The number of nitrogens with two attached hydrogens (primary N) is 1. The molecule has 1 aliphatic rings. The summed E-state index contributed by atoms with van der Waals surface area (Å²) in [7, 11) is 0. The molecular weight excluding hydrogens is 309 g/mol. The Balaban J connectivity index is 2.17. The maximum Gasteiger partial charge on any atom is 0.254 e. The van der Waals surface area contributed by atoms with E-state index in [1.807, 2.05) is 0 Å². The quantitative estimate of drug-likeness (QED) is 0.884. The fraction of sp³-hybridized carbons (Fsp3) is 0.600. The average molecular weight is 330 g/mol. The Morgan fingerprint density at radius 3 is 3.00 bits per heavy atom. The van der Waals surface area contributed by atoms with Crippen LogP contribution in [0.2, 0.25) is 5.02 Å². The summed E-state index contributed by atoms with van der Waals surface area (Å²) in [5.41, 5.74) is 3.20. The van der Waals surface area contributed by atoms with Crippen molar-refractivity contribution in [1.82, 2.24) is 9.88 Å². The number of pyridine rings is 1. The summed E-state index contributed by atoms with van der Waals surface area (Å²) in [6.07, 6.45) is 2.43. The largest absolute Gasteiger partial charge is 0.342 e. The molecule has 2 unspecified atom stereocenters. The number of H-pyrrole nitrogens is 1. The highest BCUT2D eigenvalue weighted by atomic mass is 35.5. The third-order valence-corrected chi connectivity index (χ3v) is 4.50. The molecule has 5 nitrogen and oxygen atoms in total. The fourth-order valence-electron chi connectivity index (χ4n) is 2.91. The van der Waals surface area contributed by atoms with Gasteiger partial charge in [0.05, 0.1) is 10.6 Å². The Hall–Kier alpha value is -1.40. The molecule has 2 heterocycles. The van der Waals surface area contributed by atoms with Gasteiger partial charge in [-0.05, 0) is 19.0 Å². The van der Waals surface area contributed by atoms with E-state index >= 15 is 4.39 Å². The number of carbonyl (C=O) groups excluding carboxylic acids is 1. The second kappa shape index (κ2) is 6.79. The predicted octanol–water partition coefficient (Wildman–Crippen LogP) is 1.80. The summed E-state index contributed by atoms with van der Waals surface area (Å²) in [6, 6.07) is 1.38. The van der Waals surface area contributed by atoms with Crippen molar-refractivity contribution in [1.29, 1.82) is 0 Å². The van der Waals surface area contributed by atoms with Gasteiger partial charge in [0.2, 0.25) is 5.91 Å². The van der Waals surface area contributed by atoms with Crippen LogP contribution in [-0.2, 0) is 10.5 Å². The lowest BCUT2D eigenvalue weighted by Gasteiger charge is -2.41. The Bertz CT molecular complexity index is 607. The molecule has 0 radical (unpaired) electrons. The van der Waals surface area contributed by atoms with Crippen molar-refractivity contribution in [2.45, 2.75) is 31.9 Å². The van der Waals surface area contributed by atoms with Crippen LogP contribution < -0.4 is 11.3 Å². The van der Waals surface area contributed by atoms with Crippen LogP contribution in [0.5, 0.6) is 0 Å². The Labute approximate surface area is 133 Å². The number of rotatable bonds is 4. The van der Waals surface area contributed by atoms with Crippen molar-refractivity contribution in [3.05, 3.63) is 33.2 Å². The third kappa shape index (κ3) is 3.33. The normalized spacial score (nSPS) is 25.3. The number of alkyl halides is 1. The van der Waals surface area contributed by atoms with E-state index in [2.05, 4.69) is 4.98 Å². The summed E-state index contributed by atoms with van der Waals surface area (Å²) in [5, 5.41) is 0.292. The van der Waals surface area contributed by atoms with Gasteiger partial charge in [-0.25, -0.2) is 4.39 Å². The van der Waals surface area contributed by atoms with Gasteiger partial charge >= 0.3 is 0 Å². The molecule has 0 bridgehead atoms. The molecule has 2 rings (SSSR count). The summed E-state index contributed by atoms with van der Waals surface area (Å²) in [4.78, 5) is 28.1. The first-order valence-electron chi connectivity index (χ1n) is 7.44. The summed E-state index contributed by atoms with van der Waals surface area (Å²) < 4.78 is 15.4. The maximum atomic E-state index is 15.4. The Morgan fingerprint density at radius 1 is 1.64 bits per heavy atom. The Morgan fingerprint density at radius 2 is 2.36 bits per heavy atom. The van der Waals surface area contributed by atoms with Gasteiger partial charge in [-0.1, -0.05) is 18.5 Å². The van der Waals surface area contributed by atoms with Crippen molar-refractivity contribution >= 4 is 17.5 Å². The Kier molecular flexibility index (Phi) is 5.24. The molecule has 1 aromatic heterocycles. The van der Waals surface area contributed by atoms with Gasteiger partial charge in [0.1, 0.15) is 5.67 Å². The molecule has 1 aliphatic heterocycles. The number of aromatic amines is 1. The summed E-state index contributed by atoms with van der Waals surface area (Å²) in [6.45, 7) is 2.74. The van der Waals surface area contributed by atoms with Crippen LogP contribution >= 0.6 is 11.6 Å². The molecule has 1 saturated heterocycles. The zero-order valence-corrected chi connectivity index (χ0v) is 13.3. The monoisotopic (exact) mass is 329 g/mol. The maximum absolute atomic E-state index is 15.4. The molecule has 0 aromatic carbocycles. The first-order valence-corrected chi connectivity index (χ1v) is 7.81. The number of hydrogen-bond donors (Lipinski definition) is 2. The highest BCUT2D eigenvalue weighted by molar-refractivity contribution is 6.30. The highest BCUT2D eigenvalue weighted by Gasteiger charge is 2.45. The number of nitrogens with one attached hydrogen (secondary N) is 1. The van der Waals surface area contributed by atoms with Crippen molar-refractivity contribution in [3.63, 3.8) is 0 Å². The van der Waals surface area contributed by atoms with E-state index in [0.717, 1.165) is 0 Å². The van der Waals surface area contributed by atoms with Gasteiger partial charge < -0.3 is 15.6 Å². The van der Waals surface area contributed by atoms with E-state index in [0.29, 0.717) is 24.4 Å². The first-order chi connectivity index (χ1) is 10.4. The van der Waals surface area contributed by atoms with Gasteiger partial charge in [0.15, 0.2) is 0 Å². The number of aromatic nitrogens is 1. The lowest BCUT2D eigenvalue weighted by Crippen LogP contribution is -2.50. The zero-order valence-electron chi connectivity index (χ0n) is 12.6. The van der Waals surface area contributed by atoms with E-state index in [9.17, 15) is 9.59 Å². The lowest BCUT2D eigenvalue weighted by atomic mass is 9.79. The van der Waals surface area contributed by atoms with E-state index in [1.54, 1.807) is 11.8 Å². The molecule has 0 spiro atoms. The summed E-state index contributed by atoms with van der Waals surface area (Å²) in [5.74, 6) is -0.498. The van der Waals surface area contributed by atoms with Crippen molar-refractivity contribution < 1.29 is 9.18 Å². The van der Waals surface area contributed by atoms with Crippen molar-refractivity contribution in [2.24, 2.45) is 11.7 Å². The SMILES string of the molecule is CC1CN(C(=O)CCCN)CCC1(F)c1cc(Cl)c[nH]c1=O. The molecule has 1 fully saturated rings. The minimum Gasteiger partial charge on any atom is -0.342 e. The van der Waals surface area contributed by atoms with Crippen LogP contribution in [-0.4, -0.2) is 35.4 Å². The second-order valence-electron chi connectivity index (χ2n) is 5.81. The molecule has 122 valence electrons. The van der Waals surface area contributed by atoms with Crippen LogP contribution in [0.4, 0.5) is 4.39 Å². The van der Waals surface area contributed by atoms with Gasteiger partial charge in [-0.15, -0.1) is 0 Å². The first kappa shape index (κ1) is 17.0. The van der Waals surface area contributed by atoms with E-state index in [4.69, 9.17) is 17.3 Å². The zero-order chi connectivity index (χ0) is 16.3. The van der Waals surface area contributed by atoms with Crippen molar-refractivity contribution in [3.8, 4) is 0 Å². The molecule has 0 aliphatic carbocycles. The predicted molar refractivity (Wildman–Crippen MR) is 83.5 cm³/mol. The highest BCUT2D eigenvalue weighted by Crippen LogP contribution is 2.40. The topological polar surface area (TPSA) is 79.2 Å². The molecular formula is C15H21ClFN3O2. The molecule has 2 atom stereocenters. The summed E-state index contributed by atoms with van der Waals surface area (Å²) >= 11 is 5.87. The van der Waals surface area contributed by atoms with Crippen LogP contribution in [0.25, 0.3) is 0 Å². The molecule has 1 aromatic rings. The average Bonchev–Trinajstić information content (AvgIpc) is 2.50. The number of hydrogen-bond acceptors (Lipinski definition) is 3. The van der Waals surface area contributed by atoms with Gasteiger partial charge in [0, 0.05) is 38.0 Å². The number of piperidine rings is 1. The molecule has 1 amide bonds. The number of nitrogens with zero attached hydrogens (tertiary/aromatic N) is 1. The molecule has 7 heteroatoms. The molecule has 22 heavy (non-hydrogen) atoms. The standard InChI is InChI=1S/C15H21ClFN3O2/c1-10-9-20(13(21)3-2-5-18)6-4-15(10,17)12-7-11(16)8-19-14(12)22/h7-8,10H,2-6,9,18H2,1H3,(H,19,22). The van der Waals surface area contributed by atoms with Crippen molar-refractivity contribution in [2.75, 3.05) is 19.6 Å². The van der Waals surface area contributed by atoms with Gasteiger partial charge in [-0.3, -0.25) is 9.59 Å². The molecule has 3 N–H and O–H groups in total. The van der Waals surface area contributed by atoms with E-state index in [1.165, 1.54) is 12.3 Å². The molecule has 0 saturated carbocycles. The number of amides is 1. The van der Waals surface area contributed by atoms with E-state index in [-0.39, 0.29) is 31.0 Å². The smallest absolute Gasteiger partial charge is 0.254 e. The van der Waals surface area contributed by atoms with Crippen LogP contribution in [0, 0.1) is 5.92 Å². The minimum absolute atomic E-state index is 0.0145. The van der Waals surface area contributed by atoms with Crippen LogP contribution in [0.1, 0.15) is 31.7 Å². The van der Waals surface area contributed by atoms with E-state index < -0.39 is 17.1 Å². The second-order valence-corrected chi connectivity index (χ2v) is 6.24. The third-order valence-electron chi connectivity index (χ3n) is 4.28. The van der Waals surface area contributed by atoms with Gasteiger partial charge in [-0.2, -0.15) is 0 Å².